The van der Waals surface area contributed by atoms with Gasteiger partial charge in [-0.25, -0.2) is 13.8 Å². The van der Waals surface area contributed by atoms with Crippen molar-refractivity contribution in [2.75, 3.05) is 6.61 Å². The summed E-state index contributed by atoms with van der Waals surface area (Å²) in [6.45, 7) is 1.59. The number of nitrogens with zero attached hydrogens (tertiary/aromatic N) is 4. The molecule has 8 heteroatoms. The van der Waals surface area contributed by atoms with Gasteiger partial charge in [-0.15, -0.1) is 0 Å². The molecule has 1 amide bonds. The third-order valence-electron chi connectivity index (χ3n) is 6.53. The van der Waals surface area contributed by atoms with Crippen LogP contribution in [0.3, 0.4) is 0 Å². The molecule has 1 unspecified atom stereocenters. The Kier molecular flexibility index (Phi) is 4.76. The molecule has 1 fully saturated rings. The Hall–Kier alpha value is -3.52. The predicted molar refractivity (Wildman–Crippen MR) is 118 cm³/mol. The molecular weight excluding hydrogens is 426 g/mol. The van der Waals surface area contributed by atoms with Gasteiger partial charge in [0.25, 0.3) is 5.91 Å². The van der Waals surface area contributed by atoms with Gasteiger partial charge in [0.05, 0.1) is 12.6 Å². The smallest absolute Gasteiger partial charge is 0.271 e. The van der Waals surface area contributed by atoms with Crippen LogP contribution in [0.1, 0.15) is 34.5 Å². The average Bonchev–Trinajstić information content (AvgIpc) is 3.58. The Morgan fingerprint density at radius 1 is 1.09 bits per heavy atom. The number of hydrogen-bond acceptors (Lipinski definition) is 3. The number of aromatic nitrogens is 3. The highest BCUT2D eigenvalue weighted by Gasteiger charge is 2.33. The van der Waals surface area contributed by atoms with E-state index in [2.05, 4.69) is 4.98 Å². The van der Waals surface area contributed by atoms with E-state index in [1.54, 1.807) is 35.1 Å². The van der Waals surface area contributed by atoms with E-state index in [0.29, 0.717) is 29.9 Å². The SMILES string of the molecule is O=C1c2c(ccn2CC2CCCO2)CN1Cc1c(F)cc(-c2ccc3nccn3c2)cc1F. The number of benzene rings is 1. The minimum Gasteiger partial charge on any atom is -0.376 e. The maximum atomic E-state index is 15.0. The summed E-state index contributed by atoms with van der Waals surface area (Å²) in [6, 6.07) is 8.13. The molecule has 4 aromatic rings. The van der Waals surface area contributed by atoms with Crippen molar-refractivity contribution in [1.29, 1.82) is 0 Å². The van der Waals surface area contributed by atoms with E-state index in [1.165, 1.54) is 17.0 Å². The summed E-state index contributed by atoms with van der Waals surface area (Å²) in [4.78, 5) is 18.8. The van der Waals surface area contributed by atoms with Crippen LogP contribution in [0.25, 0.3) is 16.8 Å². The van der Waals surface area contributed by atoms with Gasteiger partial charge in [-0.2, -0.15) is 0 Å². The number of pyridine rings is 1. The van der Waals surface area contributed by atoms with Gasteiger partial charge in [-0.05, 0) is 54.3 Å². The maximum Gasteiger partial charge on any atom is 0.271 e. The molecule has 33 heavy (non-hydrogen) atoms. The topological polar surface area (TPSA) is 51.8 Å². The van der Waals surface area contributed by atoms with Crippen molar-refractivity contribution in [3.05, 3.63) is 83.6 Å². The first-order valence-corrected chi connectivity index (χ1v) is 11.1. The molecule has 1 aromatic carbocycles. The normalized spacial score (nSPS) is 17.9. The van der Waals surface area contributed by atoms with Gasteiger partial charge in [-0.3, -0.25) is 4.79 Å². The molecule has 0 bridgehead atoms. The Morgan fingerprint density at radius 3 is 2.73 bits per heavy atom. The van der Waals surface area contributed by atoms with E-state index in [1.807, 2.05) is 16.8 Å². The van der Waals surface area contributed by atoms with Crippen molar-refractivity contribution < 1.29 is 18.3 Å². The summed E-state index contributed by atoms with van der Waals surface area (Å²) in [5.74, 6) is -1.54. The second kappa shape index (κ2) is 7.81. The van der Waals surface area contributed by atoms with E-state index in [4.69, 9.17) is 4.74 Å². The molecule has 5 heterocycles. The molecule has 0 N–H and O–H groups in total. The number of imidazole rings is 1. The zero-order valence-electron chi connectivity index (χ0n) is 17.9. The first kappa shape index (κ1) is 20.1. The number of halogens is 2. The minimum atomic E-state index is -0.664. The van der Waals surface area contributed by atoms with E-state index in [9.17, 15) is 4.79 Å². The quantitative estimate of drug-likeness (QED) is 0.454. The molecule has 0 radical (unpaired) electrons. The Morgan fingerprint density at radius 2 is 1.94 bits per heavy atom. The Balaban J connectivity index is 1.24. The number of fused-ring (bicyclic) bond motifs is 2. The van der Waals surface area contributed by atoms with Crippen molar-refractivity contribution in [3.8, 4) is 11.1 Å². The zero-order valence-corrected chi connectivity index (χ0v) is 17.9. The van der Waals surface area contributed by atoms with Crippen LogP contribution in [0.2, 0.25) is 0 Å². The first-order valence-electron chi connectivity index (χ1n) is 11.1. The molecule has 2 aliphatic rings. The van der Waals surface area contributed by atoms with Gasteiger partial charge < -0.3 is 18.6 Å². The Labute approximate surface area is 189 Å². The van der Waals surface area contributed by atoms with Gasteiger partial charge >= 0.3 is 0 Å². The molecule has 0 spiro atoms. The van der Waals surface area contributed by atoms with Crippen LogP contribution >= 0.6 is 0 Å². The van der Waals surface area contributed by atoms with Crippen molar-refractivity contribution >= 4 is 11.6 Å². The molecule has 0 saturated carbocycles. The highest BCUT2D eigenvalue weighted by molar-refractivity contribution is 5.97. The standard InChI is InChI=1S/C25H22F2N4O2/c26-21-10-18(16-3-4-23-28-6-8-29(23)12-16)11-22(27)20(21)15-31-13-17-5-7-30(24(17)25(31)32)14-19-2-1-9-33-19/h3-8,10-12,19H,1-2,9,13-15H2. The van der Waals surface area contributed by atoms with Crippen molar-refractivity contribution in [2.45, 2.75) is 38.6 Å². The van der Waals surface area contributed by atoms with Crippen LogP contribution in [-0.4, -0.2) is 37.5 Å². The molecular formula is C25H22F2N4O2. The first-order chi connectivity index (χ1) is 16.1. The molecule has 1 saturated heterocycles. The summed E-state index contributed by atoms with van der Waals surface area (Å²) in [7, 11) is 0. The van der Waals surface area contributed by atoms with Crippen LogP contribution in [-0.2, 0) is 24.4 Å². The molecule has 3 aromatic heterocycles. The zero-order chi connectivity index (χ0) is 22.5. The van der Waals surface area contributed by atoms with Crippen LogP contribution in [0.15, 0.2) is 55.1 Å². The number of rotatable bonds is 5. The van der Waals surface area contributed by atoms with Crippen LogP contribution in [0.4, 0.5) is 8.78 Å². The summed E-state index contributed by atoms with van der Waals surface area (Å²) < 4.78 is 39.4. The van der Waals surface area contributed by atoms with Crippen LogP contribution < -0.4 is 0 Å². The second-order valence-corrected chi connectivity index (χ2v) is 8.67. The fourth-order valence-corrected chi connectivity index (χ4v) is 4.82. The fraction of sp³-hybridized carbons (Fsp3) is 0.280. The number of hydrogen-bond donors (Lipinski definition) is 0. The second-order valence-electron chi connectivity index (χ2n) is 8.67. The van der Waals surface area contributed by atoms with Gasteiger partial charge in [0.1, 0.15) is 23.0 Å². The minimum absolute atomic E-state index is 0.104. The highest BCUT2D eigenvalue weighted by Crippen LogP contribution is 2.30. The molecule has 168 valence electrons. The van der Waals surface area contributed by atoms with Gasteiger partial charge in [0, 0.05) is 55.6 Å². The number of carbonyl (C=O) groups is 1. The lowest BCUT2D eigenvalue weighted by Gasteiger charge is -2.19. The predicted octanol–water partition coefficient (Wildman–Crippen LogP) is 4.42. The number of amides is 1. The van der Waals surface area contributed by atoms with E-state index in [-0.39, 0.29) is 24.1 Å². The van der Waals surface area contributed by atoms with Crippen molar-refractivity contribution in [1.82, 2.24) is 18.9 Å². The molecule has 6 rings (SSSR count). The molecule has 1 atom stereocenters. The summed E-state index contributed by atoms with van der Waals surface area (Å²) >= 11 is 0. The van der Waals surface area contributed by atoms with E-state index >= 15 is 8.78 Å². The van der Waals surface area contributed by atoms with Crippen LogP contribution in [0, 0.1) is 11.6 Å². The fourth-order valence-electron chi connectivity index (χ4n) is 4.82. The van der Waals surface area contributed by atoms with Crippen LogP contribution in [0.5, 0.6) is 0 Å². The monoisotopic (exact) mass is 448 g/mol. The van der Waals surface area contributed by atoms with E-state index in [0.717, 1.165) is 30.7 Å². The third-order valence-corrected chi connectivity index (χ3v) is 6.53. The molecule has 2 aliphatic heterocycles. The van der Waals surface area contributed by atoms with Crippen molar-refractivity contribution in [2.24, 2.45) is 0 Å². The highest BCUT2D eigenvalue weighted by atomic mass is 19.1. The summed E-state index contributed by atoms with van der Waals surface area (Å²) in [5, 5.41) is 0. The number of carbonyl (C=O) groups excluding carboxylic acids is 1. The lowest BCUT2D eigenvalue weighted by Crippen LogP contribution is -2.27. The lowest BCUT2D eigenvalue weighted by atomic mass is 10.0. The average molecular weight is 448 g/mol. The Bertz CT molecular complexity index is 1350. The van der Waals surface area contributed by atoms with Gasteiger partial charge in [-0.1, -0.05) is 0 Å². The largest absolute Gasteiger partial charge is 0.376 e. The summed E-state index contributed by atoms with van der Waals surface area (Å²) in [5.41, 5.74) is 3.24. The molecule has 0 aliphatic carbocycles. The molecule has 6 nitrogen and oxygen atoms in total. The summed E-state index contributed by atoms with van der Waals surface area (Å²) in [6.07, 6.45) is 9.23. The lowest BCUT2D eigenvalue weighted by molar-refractivity contribution is 0.0740. The van der Waals surface area contributed by atoms with Crippen molar-refractivity contribution in [3.63, 3.8) is 0 Å². The van der Waals surface area contributed by atoms with E-state index < -0.39 is 11.6 Å². The number of ether oxygens (including phenoxy) is 1. The van der Waals surface area contributed by atoms with Gasteiger partial charge in [0.2, 0.25) is 0 Å². The van der Waals surface area contributed by atoms with Gasteiger partial charge in [0.15, 0.2) is 0 Å². The maximum absolute atomic E-state index is 15.0. The third kappa shape index (κ3) is 3.51.